The van der Waals surface area contributed by atoms with Crippen molar-refractivity contribution in [2.24, 2.45) is 5.73 Å². The second-order valence-corrected chi connectivity index (χ2v) is 4.73. The molecule has 17 heavy (non-hydrogen) atoms. The van der Waals surface area contributed by atoms with E-state index in [1.165, 1.54) is 5.56 Å². The zero-order chi connectivity index (χ0) is 12.3. The number of morpholine rings is 1. The van der Waals surface area contributed by atoms with Gasteiger partial charge in [0, 0.05) is 37.6 Å². The molecule has 0 amide bonds. The van der Waals surface area contributed by atoms with Crippen LogP contribution in [0.25, 0.3) is 0 Å². The summed E-state index contributed by atoms with van der Waals surface area (Å²) < 4.78 is 5.67. The van der Waals surface area contributed by atoms with Gasteiger partial charge in [0.1, 0.15) is 0 Å². The van der Waals surface area contributed by atoms with E-state index in [0.29, 0.717) is 6.04 Å². The summed E-state index contributed by atoms with van der Waals surface area (Å²) in [6, 6.07) is 4.55. The van der Waals surface area contributed by atoms with Crippen molar-refractivity contribution >= 4 is 0 Å². The van der Waals surface area contributed by atoms with Crippen LogP contribution in [0.3, 0.4) is 0 Å². The first-order chi connectivity index (χ1) is 8.18. The Labute approximate surface area is 103 Å². The summed E-state index contributed by atoms with van der Waals surface area (Å²) in [7, 11) is 0. The number of hydrogen-bond donors (Lipinski definition) is 1. The van der Waals surface area contributed by atoms with E-state index in [2.05, 4.69) is 22.9 Å². The standard InChI is InChI=1S/C13H21N3O/c1-10(14)13-9-16(6-7-17-13)11(2)12-4-3-5-15-8-12/h3-5,8,10-11,13H,6-7,9,14H2,1-2H3. The molecule has 0 bridgehead atoms. The third kappa shape index (κ3) is 3.03. The van der Waals surface area contributed by atoms with Crippen LogP contribution in [0.5, 0.6) is 0 Å². The van der Waals surface area contributed by atoms with Crippen LogP contribution in [0.1, 0.15) is 25.5 Å². The van der Waals surface area contributed by atoms with Gasteiger partial charge < -0.3 is 10.5 Å². The lowest BCUT2D eigenvalue weighted by Crippen LogP contribution is -2.50. The van der Waals surface area contributed by atoms with Gasteiger partial charge in [-0.1, -0.05) is 6.07 Å². The minimum Gasteiger partial charge on any atom is -0.374 e. The highest BCUT2D eigenvalue weighted by atomic mass is 16.5. The maximum absolute atomic E-state index is 5.90. The van der Waals surface area contributed by atoms with Crippen molar-refractivity contribution in [1.29, 1.82) is 0 Å². The molecule has 1 aromatic heterocycles. The van der Waals surface area contributed by atoms with Gasteiger partial charge in [-0.05, 0) is 25.5 Å². The second kappa shape index (κ2) is 5.58. The summed E-state index contributed by atoms with van der Waals surface area (Å²) in [6.45, 7) is 6.83. The molecule has 1 aliphatic rings. The average molecular weight is 235 g/mol. The molecule has 1 aliphatic heterocycles. The molecule has 1 aromatic rings. The van der Waals surface area contributed by atoms with Crippen LogP contribution in [0.4, 0.5) is 0 Å². The minimum atomic E-state index is 0.0823. The summed E-state index contributed by atoms with van der Waals surface area (Å²) in [4.78, 5) is 6.58. The highest BCUT2D eigenvalue weighted by molar-refractivity contribution is 5.13. The van der Waals surface area contributed by atoms with E-state index in [0.717, 1.165) is 19.7 Å². The number of rotatable bonds is 3. The van der Waals surface area contributed by atoms with Crippen molar-refractivity contribution in [3.63, 3.8) is 0 Å². The molecule has 0 spiro atoms. The predicted octanol–water partition coefficient (Wildman–Crippen LogP) is 1.19. The normalized spacial score (nSPS) is 25.5. The molecule has 94 valence electrons. The zero-order valence-corrected chi connectivity index (χ0v) is 10.5. The van der Waals surface area contributed by atoms with E-state index in [1.54, 1.807) is 6.20 Å². The van der Waals surface area contributed by atoms with Gasteiger partial charge in [-0.25, -0.2) is 0 Å². The molecule has 0 radical (unpaired) electrons. The quantitative estimate of drug-likeness (QED) is 0.855. The van der Waals surface area contributed by atoms with Crippen LogP contribution in [-0.4, -0.2) is 41.7 Å². The summed E-state index contributed by atoms with van der Waals surface area (Å²) in [6.07, 6.45) is 3.88. The number of pyridine rings is 1. The van der Waals surface area contributed by atoms with Crippen molar-refractivity contribution in [2.75, 3.05) is 19.7 Å². The highest BCUT2D eigenvalue weighted by Gasteiger charge is 2.26. The molecule has 0 aromatic carbocycles. The Morgan fingerprint density at radius 1 is 1.53 bits per heavy atom. The van der Waals surface area contributed by atoms with Gasteiger partial charge in [-0.3, -0.25) is 9.88 Å². The highest BCUT2D eigenvalue weighted by Crippen LogP contribution is 2.22. The Morgan fingerprint density at radius 3 is 3.00 bits per heavy atom. The first-order valence-electron chi connectivity index (χ1n) is 6.19. The molecule has 2 heterocycles. The van der Waals surface area contributed by atoms with Gasteiger partial charge in [0.05, 0.1) is 12.7 Å². The van der Waals surface area contributed by atoms with Gasteiger partial charge >= 0.3 is 0 Å². The number of hydrogen-bond acceptors (Lipinski definition) is 4. The number of nitrogens with two attached hydrogens (primary N) is 1. The Bertz CT molecular complexity index is 342. The molecular formula is C13H21N3O. The van der Waals surface area contributed by atoms with E-state index in [-0.39, 0.29) is 12.1 Å². The van der Waals surface area contributed by atoms with Crippen LogP contribution in [0.2, 0.25) is 0 Å². The fraction of sp³-hybridized carbons (Fsp3) is 0.615. The Kier molecular flexibility index (Phi) is 4.10. The molecule has 1 saturated heterocycles. The fourth-order valence-corrected chi connectivity index (χ4v) is 2.20. The van der Waals surface area contributed by atoms with E-state index in [9.17, 15) is 0 Å². The van der Waals surface area contributed by atoms with Gasteiger partial charge in [0.15, 0.2) is 0 Å². The number of nitrogens with zero attached hydrogens (tertiary/aromatic N) is 2. The maximum atomic E-state index is 5.90. The summed E-state index contributed by atoms with van der Waals surface area (Å²) in [5.74, 6) is 0. The van der Waals surface area contributed by atoms with Crippen LogP contribution in [0.15, 0.2) is 24.5 Å². The van der Waals surface area contributed by atoms with Gasteiger partial charge in [0.2, 0.25) is 0 Å². The van der Waals surface area contributed by atoms with Crippen LogP contribution < -0.4 is 5.73 Å². The predicted molar refractivity (Wildman–Crippen MR) is 67.6 cm³/mol. The Hall–Kier alpha value is -0.970. The average Bonchev–Trinajstić information content (AvgIpc) is 2.39. The molecule has 0 saturated carbocycles. The topological polar surface area (TPSA) is 51.4 Å². The first-order valence-corrected chi connectivity index (χ1v) is 6.19. The van der Waals surface area contributed by atoms with Crippen LogP contribution in [-0.2, 0) is 4.74 Å². The van der Waals surface area contributed by atoms with Crippen LogP contribution in [0, 0.1) is 0 Å². The molecule has 2 N–H and O–H groups in total. The Balaban J connectivity index is 2.02. The van der Waals surface area contributed by atoms with Crippen molar-refractivity contribution in [3.8, 4) is 0 Å². The van der Waals surface area contributed by atoms with Crippen molar-refractivity contribution in [1.82, 2.24) is 9.88 Å². The largest absolute Gasteiger partial charge is 0.374 e. The lowest BCUT2D eigenvalue weighted by Gasteiger charge is -2.38. The molecule has 4 nitrogen and oxygen atoms in total. The fourth-order valence-electron chi connectivity index (χ4n) is 2.20. The first kappa shape index (κ1) is 12.5. The molecule has 1 fully saturated rings. The van der Waals surface area contributed by atoms with E-state index < -0.39 is 0 Å². The lowest BCUT2D eigenvalue weighted by molar-refractivity contribution is -0.0498. The molecule has 4 heteroatoms. The van der Waals surface area contributed by atoms with Gasteiger partial charge in [-0.2, -0.15) is 0 Å². The van der Waals surface area contributed by atoms with Gasteiger partial charge in [0.25, 0.3) is 0 Å². The maximum Gasteiger partial charge on any atom is 0.0850 e. The third-order valence-corrected chi connectivity index (χ3v) is 3.43. The van der Waals surface area contributed by atoms with Gasteiger partial charge in [-0.15, -0.1) is 0 Å². The number of aromatic nitrogens is 1. The lowest BCUT2D eigenvalue weighted by atomic mass is 10.1. The SMILES string of the molecule is CC(N)C1CN(C(C)c2cccnc2)CCO1. The number of ether oxygens (including phenoxy) is 1. The van der Waals surface area contributed by atoms with Crippen molar-refractivity contribution in [2.45, 2.75) is 32.0 Å². The second-order valence-electron chi connectivity index (χ2n) is 4.73. The summed E-state index contributed by atoms with van der Waals surface area (Å²) in [5.41, 5.74) is 7.15. The van der Waals surface area contributed by atoms with Crippen molar-refractivity contribution < 1.29 is 4.74 Å². The Morgan fingerprint density at radius 2 is 2.35 bits per heavy atom. The van der Waals surface area contributed by atoms with Crippen molar-refractivity contribution in [3.05, 3.63) is 30.1 Å². The minimum absolute atomic E-state index is 0.0823. The smallest absolute Gasteiger partial charge is 0.0850 e. The molecule has 2 rings (SSSR count). The summed E-state index contributed by atoms with van der Waals surface area (Å²) >= 11 is 0. The monoisotopic (exact) mass is 235 g/mol. The molecule has 3 atom stereocenters. The van der Waals surface area contributed by atoms with E-state index in [4.69, 9.17) is 10.5 Å². The summed E-state index contributed by atoms with van der Waals surface area (Å²) in [5, 5.41) is 0. The molecule has 0 aliphatic carbocycles. The van der Waals surface area contributed by atoms with E-state index in [1.807, 2.05) is 19.2 Å². The molecule has 3 unspecified atom stereocenters. The zero-order valence-electron chi connectivity index (χ0n) is 10.5. The third-order valence-electron chi connectivity index (χ3n) is 3.43. The van der Waals surface area contributed by atoms with E-state index >= 15 is 0 Å². The van der Waals surface area contributed by atoms with Crippen LogP contribution >= 0.6 is 0 Å². The molecular weight excluding hydrogens is 214 g/mol.